The highest BCUT2D eigenvalue weighted by molar-refractivity contribution is 7.13. The number of nitrogens with zero attached hydrogens (tertiary/aromatic N) is 1. The maximum Gasteiger partial charge on any atom is 0.227 e. The number of amides is 2. The first-order valence-electron chi connectivity index (χ1n) is 10.2. The molecule has 4 nitrogen and oxygen atoms in total. The van der Waals surface area contributed by atoms with Gasteiger partial charge in [0.05, 0.1) is 11.8 Å². The number of rotatable bonds is 6. The summed E-state index contributed by atoms with van der Waals surface area (Å²) in [5.74, 6) is -0.272. The third-order valence-corrected chi connectivity index (χ3v) is 6.86. The Morgan fingerprint density at radius 1 is 1.07 bits per heavy atom. The summed E-state index contributed by atoms with van der Waals surface area (Å²) in [7, 11) is 0. The molecule has 5 heteroatoms. The van der Waals surface area contributed by atoms with E-state index in [1.165, 1.54) is 4.88 Å². The van der Waals surface area contributed by atoms with Gasteiger partial charge in [0.2, 0.25) is 11.8 Å². The molecule has 0 saturated carbocycles. The molecule has 0 radical (unpaired) electrons. The molecule has 2 heterocycles. The van der Waals surface area contributed by atoms with Crippen molar-refractivity contribution in [2.24, 2.45) is 11.1 Å². The molecule has 2 aromatic carbocycles. The number of carbonyl (C=O) groups excluding carboxylic acids is 2. The van der Waals surface area contributed by atoms with Crippen molar-refractivity contribution >= 4 is 23.2 Å². The standard InChI is InChI=1S/C25H26N2O2S/c1-18-5-2-6-19(13-18)15-23(28)27-11-10-25(17-27,24(26)29)16-20-7-3-8-21(14-20)22-9-4-12-30-22/h2-9,12-14H,10-11,15-17H2,1H3,(H2,26,29). The first-order chi connectivity index (χ1) is 14.4. The zero-order chi connectivity index (χ0) is 21.1. The molecule has 2 amide bonds. The van der Waals surface area contributed by atoms with E-state index in [0.29, 0.717) is 32.4 Å². The van der Waals surface area contributed by atoms with E-state index in [1.807, 2.05) is 49.4 Å². The zero-order valence-corrected chi connectivity index (χ0v) is 18.0. The number of hydrogen-bond donors (Lipinski definition) is 1. The van der Waals surface area contributed by atoms with Gasteiger partial charge in [-0.25, -0.2) is 0 Å². The Labute approximate surface area is 181 Å². The summed E-state index contributed by atoms with van der Waals surface area (Å²) in [4.78, 5) is 28.4. The summed E-state index contributed by atoms with van der Waals surface area (Å²) in [6, 6.07) is 20.4. The van der Waals surface area contributed by atoms with Crippen molar-refractivity contribution in [3.63, 3.8) is 0 Å². The number of primary amides is 1. The van der Waals surface area contributed by atoms with E-state index < -0.39 is 5.41 Å². The first kappa shape index (κ1) is 20.4. The summed E-state index contributed by atoms with van der Waals surface area (Å²) in [5.41, 5.74) is 9.52. The van der Waals surface area contributed by atoms with Gasteiger partial charge in [-0.2, -0.15) is 0 Å². The summed E-state index contributed by atoms with van der Waals surface area (Å²) >= 11 is 1.69. The maximum atomic E-state index is 12.9. The average molecular weight is 419 g/mol. The fraction of sp³-hybridized carbons (Fsp3) is 0.280. The van der Waals surface area contributed by atoms with Gasteiger partial charge in [-0.3, -0.25) is 9.59 Å². The summed E-state index contributed by atoms with van der Waals surface area (Å²) < 4.78 is 0. The second-order valence-corrected chi connectivity index (χ2v) is 9.18. The van der Waals surface area contributed by atoms with Gasteiger partial charge in [0.15, 0.2) is 0 Å². The largest absolute Gasteiger partial charge is 0.369 e. The predicted molar refractivity (Wildman–Crippen MR) is 121 cm³/mol. The minimum atomic E-state index is -0.712. The third-order valence-electron chi connectivity index (χ3n) is 5.94. The molecule has 154 valence electrons. The van der Waals surface area contributed by atoms with Gasteiger partial charge in [-0.05, 0) is 47.9 Å². The lowest BCUT2D eigenvalue weighted by molar-refractivity contribution is -0.131. The summed E-state index contributed by atoms with van der Waals surface area (Å²) in [6.45, 7) is 2.97. The smallest absolute Gasteiger partial charge is 0.227 e. The molecule has 1 atom stereocenters. The van der Waals surface area contributed by atoms with Gasteiger partial charge in [-0.15, -0.1) is 11.3 Å². The molecule has 1 fully saturated rings. The van der Waals surface area contributed by atoms with E-state index in [9.17, 15) is 9.59 Å². The van der Waals surface area contributed by atoms with Gasteiger partial charge in [0.25, 0.3) is 0 Å². The van der Waals surface area contributed by atoms with Crippen LogP contribution in [0.5, 0.6) is 0 Å². The van der Waals surface area contributed by atoms with Crippen LogP contribution in [-0.2, 0) is 22.4 Å². The van der Waals surface area contributed by atoms with Crippen LogP contribution in [0.3, 0.4) is 0 Å². The van der Waals surface area contributed by atoms with Crippen molar-refractivity contribution in [2.75, 3.05) is 13.1 Å². The van der Waals surface area contributed by atoms with Gasteiger partial charge in [-0.1, -0.05) is 60.2 Å². The Kier molecular flexibility index (Phi) is 5.73. The molecule has 4 rings (SSSR count). The number of carbonyl (C=O) groups is 2. The van der Waals surface area contributed by atoms with Gasteiger partial charge >= 0.3 is 0 Å². The van der Waals surface area contributed by atoms with Crippen LogP contribution in [-0.4, -0.2) is 29.8 Å². The molecular formula is C25H26N2O2S. The van der Waals surface area contributed by atoms with Gasteiger partial charge < -0.3 is 10.6 Å². The number of benzene rings is 2. The van der Waals surface area contributed by atoms with E-state index in [1.54, 1.807) is 16.2 Å². The molecule has 3 aromatic rings. The van der Waals surface area contributed by atoms with Crippen LogP contribution in [0.4, 0.5) is 0 Å². The summed E-state index contributed by atoms with van der Waals surface area (Å²) in [6.07, 6.45) is 1.51. The van der Waals surface area contributed by atoms with Crippen molar-refractivity contribution in [3.8, 4) is 10.4 Å². The molecule has 1 aromatic heterocycles. The number of nitrogens with two attached hydrogens (primary N) is 1. The predicted octanol–water partition coefficient (Wildman–Crippen LogP) is 4.21. The molecule has 1 aliphatic rings. The van der Waals surface area contributed by atoms with Crippen LogP contribution in [0.25, 0.3) is 10.4 Å². The fourth-order valence-electron chi connectivity index (χ4n) is 4.29. The Balaban J connectivity index is 1.50. The van der Waals surface area contributed by atoms with Crippen LogP contribution in [0.2, 0.25) is 0 Å². The van der Waals surface area contributed by atoms with Crippen LogP contribution >= 0.6 is 11.3 Å². The molecule has 0 spiro atoms. The highest BCUT2D eigenvalue weighted by Gasteiger charge is 2.44. The molecule has 0 bridgehead atoms. The van der Waals surface area contributed by atoms with E-state index in [-0.39, 0.29) is 11.8 Å². The number of likely N-dealkylation sites (tertiary alicyclic amines) is 1. The highest BCUT2D eigenvalue weighted by Crippen LogP contribution is 2.36. The van der Waals surface area contributed by atoms with Crippen molar-refractivity contribution < 1.29 is 9.59 Å². The van der Waals surface area contributed by atoms with Crippen LogP contribution in [0.15, 0.2) is 66.0 Å². The SMILES string of the molecule is Cc1cccc(CC(=O)N2CCC(Cc3cccc(-c4cccs4)c3)(C(N)=O)C2)c1. The van der Waals surface area contributed by atoms with Crippen LogP contribution < -0.4 is 5.73 Å². The Hall–Kier alpha value is -2.92. The fourth-order valence-corrected chi connectivity index (χ4v) is 5.02. The molecular weight excluding hydrogens is 392 g/mol. The Morgan fingerprint density at radius 2 is 1.87 bits per heavy atom. The molecule has 1 unspecified atom stereocenters. The lowest BCUT2D eigenvalue weighted by Gasteiger charge is -2.26. The molecule has 30 heavy (non-hydrogen) atoms. The molecule has 0 aliphatic carbocycles. The quantitative estimate of drug-likeness (QED) is 0.652. The zero-order valence-electron chi connectivity index (χ0n) is 17.1. The molecule has 2 N–H and O–H groups in total. The first-order valence-corrected chi connectivity index (χ1v) is 11.1. The lowest BCUT2D eigenvalue weighted by Crippen LogP contribution is -2.42. The van der Waals surface area contributed by atoms with Gasteiger partial charge in [0.1, 0.15) is 0 Å². The maximum absolute atomic E-state index is 12.9. The minimum Gasteiger partial charge on any atom is -0.369 e. The van der Waals surface area contributed by atoms with Crippen molar-refractivity contribution in [1.82, 2.24) is 4.90 Å². The number of thiophene rings is 1. The Bertz CT molecular complexity index is 1060. The van der Waals surface area contributed by atoms with Crippen LogP contribution in [0.1, 0.15) is 23.1 Å². The van der Waals surface area contributed by atoms with E-state index in [4.69, 9.17) is 5.73 Å². The summed E-state index contributed by atoms with van der Waals surface area (Å²) in [5, 5.41) is 2.06. The van der Waals surface area contributed by atoms with E-state index in [2.05, 4.69) is 23.6 Å². The van der Waals surface area contributed by atoms with Crippen LogP contribution in [0, 0.1) is 12.3 Å². The third kappa shape index (κ3) is 4.31. The average Bonchev–Trinajstić information content (AvgIpc) is 3.39. The highest BCUT2D eigenvalue weighted by atomic mass is 32.1. The second-order valence-electron chi connectivity index (χ2n) is 8.23. The minimum absolute atomic E-state index is 0.0519. The molecule has 1 aliphatic heterocycles. The second kappa shape index (κ2) is 8.44. The van der Waals surface area contributed by atoms with Gasteiger partial charge in [0, 0.05) is 18.0 Å². The number of hydrogen-bond acceptors (Lipinski definition) is 3. The van der Waals surface area contributed by atoms with E-state index >= 15 is 0 Å². The molecule has 1 saturated heterocycles. The van der Waals surface area contributed by atoms with Crippen molar-refractivity contribution in [2.45, 2.75) is 26.2 Å². The monoisotopic (exact) mass is 418 g/mol. The normalized spacial score (nSPS) is 18.5. The van der Waals surface area contributed by atoms with Crippen molar-refractivity contribution in [1.29, 1.82) is 0 Å². The lowest BCUT2D eigenvalue weighted by atomic mass is 9.80. The Morgan fingerprint density at radius 3 is 2.60 bits per heavy atom. The van der Waals surface area contributed by atoms with Crippen molar-refractivity contribution in [3.05, 3.63) is 82.7 Å². The topological polar surface area (TPSA) is 63.4 Å². The van der Waals surface area contributed by atoms with E-state index in [0.717, 1.165) is 22.3 Å². The number of aryl methyl sites for hydroxylation is 1.